The van der Waals surface area contributed by atoms with Crippen molar-refractivity contribution in [3.8, 4) is 0 Å². The van der Waals surface area contributed by atoms with Crippen LogP contribution in [0.5, 0.6) is 0 Å². The van der Waals surface area contributed by atoms with Crippen LogP contribution in [0.3, 0.4) is 0 Å². The molecule has 0 amide bonds. The van der Waals surface area contributed by atoms with Crippen LogP contribution in [0.25, 0.3) is 0 Å². The maximum Gasteiger partial charge on any atom is 0.312 e. The van der Waals surface area contributed by atoms with Crippen molar-refractivity contribution in [2.75, 3.05) is 7.11 Å². The van der Waals surface area contributed by atoms with Gasteiger partial charge in [0.2, 0.25) is 0 Å². The fraction of sp³-hybridized carbons (Fsp3) is 0.474. The molecule has 2 atom stereocenters. The third-order valence-electron chi connectivity index (χ3n) is 4.40. The molecule has 0 radical (unpaired) electrons. The van der Waals surface area contributed by atoms with Crippen molar-refractivity contribution >= 4 is 17.3 Å². The van der Waals surface area contributed by atoms with Gasteiger partial charge in [-0.3, -0.25) is 4.79 Å². The largest absolute Gasteiger partial charge is 0.462 e. The molecule has 2 aromatic rings. The van der Waals surface area contributed by atoms with Gasteiger partial charge in [-0.25, -0.2) is 9.37 Å². The van der Waals surface area contributed by atoms with E-state index in [1.165, 1.54) is 23.5 Å². The SMILES string of the molecule is CO[C@@H]1CCC[C@H](OC(=O)Cc2csc(Cc3ccc(F)cc3)n2)C1. The highest BCUT2D eigenvalue weighted by atomic mass is 32.1. The van der Waals surface area contributed by atoms with E-state index in [0.29, 0.717) is 6.42 Å². The first-order valence-electron chi connectivity index (χ1n) is 8.52. The molecule has 1 aromatic carbocycles. The molecular weight excluding hydrogens is 341 g/mol. The molecule has 25 heavy (non-hydrogen) atoms. The highest BCUT2D eigenvalue weighted by molar-refractivity contribution is 7.09. The van der Waals surface area contributed by atoms with Crippen LogP contribution in [0.4, 0.5) is 4.39 Å². The molecular formula is C19H22FNO3S. The number of aromatic nitrogens is 1. The van der Waals surface area contributed by atoms with E-state index in [1.54, 1.807) is 19.2 Å². The van der Waals surface area contributed by atoms with Crippen LogP contribution < -0.4 is 0 Å². The fourth-order valence-electron chi connectivity index (χ4n) is 3.09. The molecule has 1 aromatic heterocycles. The monoisotopic (exact) mass is 363 g/mol. The Morgan fingerprint density at radius 1 is 1.28 bits per heavy atom. The lowest BCUT2D eigenvalue weighted by Crippen LogP contribution is -2.29. The number of halogens is 1. The van der Waals surface area contributed by atoms with E-state index < -0.39 is 0 Å². The molecule has 6 heteroatoms. The Morgan fingerprint density at radius 3 is 2.80 bits per heavy atom. The zero-order valence-electron chi connectivity index (χ0n) is 14.2. The maximum atomic E-state index is 12.9. The quantitative estimate of drug-likeness (QED) is 0.730. The molecule has 0 unspecified atom stereocenters. The number of carbonyl (C=O) groups is 1. The summed E-state index contributed by atoms with van der Waals surface area (Å²) in [7, 11) is 1.70. The zero-order chi connectivity index (χ0) is 17.6. The average Bonchev–Trinajstić information content (AvgIpc) is 3.04. The molecule has 0 N–H and O–H groups in total. The number of carbonyl (C=O) groups excluding carboxylic acids is 1. The summed E-state index contributed by atoms with van der Waals surface area (Å²) in [6.07, 6.45) is 4.69. The number of ether oxygens (including phenoxy) is 2. The van der Waals surface area contributed by atoms with Crippen LogP contribution in [0.15, 0.2) is 29.6 Å². The van der Waals surface area contributed by atoms with Gasteiger partial charge in [-0.05, 0) is 37.0 Å². The molecule has 1 heterocycles. The number of thiazole rings is 1. The third-order valence-corrected chi connectivity index (χ3v) is 5.30. The Balaban J connectivity index is 1.50. The molecule has 1 aliphatic carbocycles. The van der Waals surface area contributed by atoms with Gasteiger partial charge in [0.1, 0.15) is 11.9 Å². The van der Waals surface area contributed by atoms with Gasteiger partial charge in [-0.2, -0.15) is 0 Å². The van der Waals surface area contributed by atoms with Crippen molar-refractivity contribution in [1.82, 2.24) is 4.98 Å². The lowest BCUT2D eigenvalue weighted by molar-refractivity contribution is -0.151. The number of benzene rings is 1. The summed E-state index contributed by atoms with van der Waals surface area (Å²) in [4.78, 5) is 16.6. The standard InChI is InChI=1S/C19H22FNO3S/c1-23-16-3-2-4-17(11-16)24-19(22)10-15-12-25-18(21-15)9-13-5-7-14(20)8-6-13/h5-8,12,16-17H,2-4,9-11H2,1H3/t16-,17+/m1/s1. The lowest BCUT2D eigenvalue weighted by Gasteiger charge is -2.27. The minimum absolute atomic E-state index is 0.0523. The van der Waals surface area contributed by atoms with Gasteiger partial charge in [-0.1, -0.05) is 12.1 Å². The molecule has 0 saturated heterocycles. The van der Waals surface area contributed by atoms with E-state index in [-0.39, 0.29) is 30.4 Å². The summed E-state index contributed by atoms with van der Waals surface area (Å²) in [6.45, 7) is 0. The average molecular weight is 363 g/mol. The Morgan fingerprint density at radius 2 is 2.04 bits per heavy atom. The van der Waals surface area contributed by atoms with Gasteiger partial charge in [0.15, 0.2) is 0 Å². The van der Waals surface area contributed by atoms with Crippen LogP contribution >= 0.6 is 11.3 Å². The number of rotatable bonds is 6. The summed E-state index contributed by atoms with van der Waals surface area (Å²) < 4.78 is 23.9. The van der Waals surface area contributed by atoms with Crippen molar-refractivity contribution in [1.29, 1.82) is 0 Å². The molecule has 1 aliphatic rings. The van der Waals surface area contributed by atoms with Crippen molar-refractivity contribution in [3.05, 3.63) is 51.7 Å². The Labute approximate surface area is 151 Å². The van der Waals surface area contributed by atoms with Gasteiger partial charge < -0.3 is 9.47 Å². The number of methoxy groups -OCH3 is 1. The smallest absolute Gasteiger partial charge is 0.312 e. The van der Waals surface area contributed by atoms with E-state index in [1.807, 2.05) is 5.38 Å². The van der Waals surface area contributed by atoms with Crippen molar-refractivity contribution < 1.29 is 18.7 Å². The second-order valence-corrected chi connectivity index (χ2v) is 7.29. The van der Waals surface area contributed by atoms with Crippen molar-refractivity contribution in [2.45, 2.75) is 50.7 Å². The summed E-state index contributed by atoms with van der Waals surface area (Å²) in [5.41, 5.74) is 1.73. The summed E-state index contributed by atoms with van der Waals surface area (Å²) in [5, 5.41) is 2.80. The highest BCUT2D eigenvalue weighted by Gasteiger charge is 2.24. The first-order chi connectivity index (χ1) is 12.1. The van der Waals surface area contributed by atoms with Gasteiger partial charge in [0.05, 0.1) is 23.2 Å². The van der Waals surface area contributed by atoms with E-state index in [9.17, 15) is 9.18 Å². The molecule has 0 bridgehead atoms. The minimum Gasteiger partial charge on any atom is -0.462 e. The number of nitrogens with zero attached hydrogens (tertiary/aromatic N) is 1. The summed E-state index contributed by atoms with van der Waals surface area (Å²) in [6, 6.07) is 6.39. The first kappa shape index (κ1) is 18.0. The Kier molecular flexibility index (Phi) is 6.15. The molecule has 1 fully saturated rings. The van der Waals surface area contributed by atoms with Crippen LogP contribution in [0.1, 0.15) is 41.9 Å². The predicted octanol–water partition coefficient (Wildman–Crippen LogP) is 3.92. The van der Waals surface area contributed by atoms with E-state index in [0.717, 1.165) is 41.9 Å². The first-order valence-corrected chi connectivity index (χ1v) is 9.40. The third kappa shape index (κ3) is 5.34. The Bertz CT molecular complexity index is 701. The van der Waals surface area contributed by atoms with Gasteiger partial charge in [0.25, 0.3) is 0 Å². The number of hydrogen-bond acceptors (Lipinski definition) is 5. The van der Waals surface area contributed by atoms with Crippen molar-refractivity contribution in [3.63, 3.8) is 0 Å². The normalized spacial score (nSPS) is 20.4. The lowest BCUT2D eigenvalue weighted by atomic mass is 9.95. The van der Waals surface area contributed by atoms with Crippen LogP contribution in [0, 0.1) is 5.82 Å². The molecule has 134 valence electrons. The molecule has 0 aliphatic heterocycles. The van der Waals surface area contributed by atoms with Gasteiger partial charge in [0, 0.05) is 25.3 Å². The number of esters is 1. The van der Waals surface area contributed by atoms with Gasteiger partial charge in [-0.15, -0.1) is 11.3 Å². The topological polar surface area (TPSA) is 48.4 Å². The Hall–Kier alpha value is -1.79. The second-order valence-electron chi connectivity index (χ2n) is 6.35. The van der Waals surface area contributed by atoms with Crippen LogP contribution in [0.2, 0.25) is 0 Å². The predicted molar refractivity (Wildman–Crippen MR) is 94.2 cm³/mol. The van der Waals surface area contributed by atoms with E-state index >= 15 is 0 Å². The minimum atomic E-state index is -0.246. The van der Waals surface area contributed by atoms with E-state index in [4.69, 9.17) is 9.47 Å². The summed E-state index contributed by atoms with van der Waals surface area (Å²) in [5.74, 6) is -0.481. The maximum absolute atomic E-state index is 12.9. The highest BCUT2D eigenvalue weighted by Crippen LogP contribution is 2.23. The fourth-order valence-corrected chi connectivity index (χ4v) is 3.91. The van der Waals surface area contributed by atoms with Crippen molar-refractivity contribution in [2.24, 2.45) is 0 Å². The van der Waals surface area contributed by atoms with E-state index in [2.05, 4.69) is 4.98 Å². The van der Waals surface area contributed by atoms with Crippen LogP contribution in [-0.2, 0) is 27.1 Å². The molecule has 0 spiro atoms. The second kappa shape index (κ2) is 8.54. The molecule has 1 saturated carbocycles. The van der Waals surface area contributed by atoms with Crippen LogP contribution in [-0.4, -0.2) is 30.3 Å². The summed E-state index contributed by atoms with van der Waals surface area (Å²) >= 11 is 1.51. The number of hydrogen-bond donors (Lipinski definition) is 0. The van der Waals surface area contributed by atoms with Gasteiger partial charge >= 0.3 is 5.97 Å². The molecule has 4 nitrogen and oxygen atoms in total. The zero-order valence-corrected chi connectivity index (χ0v) is 15.1. The molecule has 3 rings (SSSR count).